The highest BCUT2D eigenvalue weighted by atomic mass is 19.1. The fourth-order valence-corrected chi connectivity index (χ4v) is 2.30. The third-order valence-electron chi connectivity index (χ3n) is 3.26. The summed E-state index contributed by atoms with van der Waals surface area (Å²) in [6, 6.07) is 4.11. The van der Waals surface area contributed by atoms with Crippen molar-refractivity contribution in [3.63, 3.8) is 0 Å². The number of piperidine rings is 1. The molecular formula is C14H17FN2O3. The third kappa shape index (κ3) is 3.31. The highest BCUT2D eigenvalue weighted by molar-refractivity contribution is 5.92. The lowest BCUT2D eigenvalue weighted by molar-refractivity contribution is -0.149. The molecule has 1 fully saturated rings. The largest absolute Gasteiger partial charge is 0.466 e. The van der Waals surface area contributed by atoms with Crippen LogP contribution in [0.4, 0.5) is 4.39 Å². The quantitative estimate of drug-likeness (QED) is 0.624. The average Bonchev–Trinajstić information content (AvgIpc) is 2.47. The van der Waals surface area contributed by atoms with Gasteiger partial charge in [-0.2, -0.15) is 4.39 Å². The third-order valence-corrected chi connectivity index (χ3v) is 3.26. The van der Waals surface area contributed by atoms with Gasteiger partial charge < -0.3 is 9.64 Å². The van der Waals surface area contributed by atoms with E-state index in [0.717, 1.165) is 6.42 Å². The van der Waals surface area contributed by atoms with Crippen LogP contribution in [0.25, 0.3) is 0 Å². The molecule has 0 spiro atoms. The number of aromatic nitrogens is 1. The van der Waals surface area contributed by atoms with E-state index < -0.39 is 5.95 Å². The number of nitrogens with zero attached hydrogens (tertiary/aromatic N) is 2. The number of rotatable bonds is 3. The Morgan fingerprint density at radius 1 is 1.50 bits per heavy atom. The maximum atomic E-state index is 13.0. The van der Waals surface area contributed by atoms with Crippen LogP contribution in [-0.2, 0) is 9.53 Å². The lowest BCUT2D eigenvalue weighted by Crippen LogP contribution is -2.43. The molecule has 1 aromatic rings. The van der Waals surface area contributed by atoms with Gasteiger partial charge in [0.25, 0.3) is 5.91 Å². The summed E-state index contributed by atoms with van der Waals surface area (Å²) in [7, 11) is 0. The molecule has 1 aliphatic heterocycles. The maximum absolute atomic E-state index is 13.0. The second-order valence-electron chi connectivity index (χ2n) is 4.69. The number of esters is 1. The smallest absolute Gasteiger partial charge is 0.310 e. The van der Waals surface area contributed by atoms with Crippen LogP contribution in [0.2, 0.25) is 0 Å². The van der Waals surface area contributed by atoms with Crippen molar-refractivity contribution < 1.29 is 18.7 Å². The van der Waals surface area contributed by atoms with E-state index >= 15 is 0 Å². The summed E-state index contributed by atoms with van der Waals surface area (Å²) >= 11 is 0. The van der Waals surface area contributed by atoms with Gasteiger partial charge in [-0.05, 0) is 31.9 Å². The Kier molecular flexibility index (Phi) is 4.65. The van der Waals surface area contributed by atoms with Crippen LogP contribution in [0.1, 0.15) is 30.3 Å². The molecule has 1 saturated heterocycles. The van der Waals surface area contributed by atoms with Gasteiger partial charge >= 0.3 is 5.97 Å². The van der Waals surface area contributed by atoms with Gasteiger partial charge in [-0.15, -0.1) is 0 Å². The lowest BCUT2D eigenvalue weighted by Gasteiger charge is -2.31. The van der Waals surface area contributed by atoms with Gasteiger partial charge in [0.05, 0.1) is 12.5 Å². The van der Waals surface area contributed by atoms with E-state index in [2.05, 4.69) is 4.98 Å². The predicted octanol–water partition coefficient (Wildman–Crippen LogP) is 1.64. The summed E-state index contributed by atoms with van der Waals surface area (Å²) in [6.07, 6.45) is 1.43. The molecule has 20 heavy (non-hydrogen) atoms. The number of halogens is 1. The lowest BCUT2D eigenvalue weighted by atomic mass is 9.98. The van der Waals surface area contributed by atoms with Crippen molar-refractivity contribution in [1.82, 2.24) is 9.88 Å². The van der Waals surface area contributed by atoms with E-state index in [1.807, 2.05) is 0 Å². The Bertz CT molecular complexity index is 507. The van der Waals surface area contributed by atoms with Crippen LogP contribution in [0.15, 0.2) is 18.2 Å². The highest BCUT2D eigenvalue weighted by Crippen LogP contribution is 2.19. The standard InChI is InChI=1S/C14H17FN2O3/c1-2-20-14(19)10-5-4-8-17(9-10)13(18)11-6-3-7-12(15)16-11/h3,6-7,10H,2,4-5,8-9H2,1H3/t10-/m1/s1. The molecule has 108 valence electrons. The van der Waals surface area contributed by atoms with E-state index in [-0.39, 0.29) is 23.5 Å². The zero-order valence-corrected chi connectivity index (χ0v) is 11.3. The number of hydrogen-bond acceptors (Lipinski definition) is 4. The van der Waals surface area contributed by atoms with Crippen molar-refractivity contribution >= 4 is 11.9 Å². The summed E-state index contributed by atoms with van der Waals surface area (Å²) in [5.41, 5.74) is 0.0644. The SMILES string of the molecule is CCOC(=O)[C@@H]1CCCN(C(=O)c2cccc(F)n2)C1. The molecule has 1 amide bonds. The summed E-state index contributed by atoms with van der Waals surface area (Å²) in [6.45, 7) is 2.93. The molecule has 1 atom stereocenters. The number of hydrogen-bond donors (Lipinski definition) is 0. The van der Waals surface area contributed by atoms with Crippen LogP contribution in [-0.4, -0.2) is 41.5 Å². The van der Waals surface area contributed by atoms with E-state index in [9.17, 15) is 14.0 Å². The van der Waals surface area contributed by atoms with E-state index in [4.69, 9.17) is 4.74 Å². The number of carbonyl (C=O) groups excluding carboxylic acids is 2. The fourth-order valence-electron chi connectivity index (χ4n) is 2.30. The second-order valence-corrected chi connectivity index (χ2v) is 4.69. The molecule has 1 aliphatic rings. The van der Waals surface area contributed by atoms with Gasteiger partial charge in [-0.3, -0.25) is 9.59 Å². The molecule has 2 heterocycles. The Hall–Kier alpha value is -1.98. The molecule has 0 radical (unpaired) electrons. The average molecular weight is 280 g/mol. The summed E-state index contributed by atoms with van der Waals surface area (Å²) in [4.78, 5) is 29.1. The number of pyridine rings is 1. The summed E-state index contributed by atoms with van der Waals surface area (Å²) < 4.78 is 18.0. The van der Waals surface area contributed by atoms with E-state index in [1.165, 1.54) is 23.1 Å². The number of ether oxygens (including phenoxy) is 1. The summed E-state index contributed by atoms with van der Waals surface area (Å²) in [5.74, 6) is -1.62. The Morgan fingerprint density at radius 2 is 2.30 bits per heavy atom. The first kappa shape index (κ1) is 14.4. The van der Waals surface area contributed by atoms with Crippen LogP contribution >= 0.6 is 0 Å². The van der Waals surface area contributed by atoms with Crippen LogP contribution < -0.4 is 0 Å². The molecule has 5 nitrogen and oxygen atoms in total. The molecule has 2 rings (SSSR count). The number of carbonyl (C=O) groups is 2. The first-order valence-electron chi connectivity index (χ1n) is 6.70. The second kappa shape index (κ2) is 6.45. The monoisotopic (exact) mass is 280 g/mol. The first-order valence-corrected chi connectivity index (χ1v) is 6.70. The summed E-state index contributed by atoms with van der Waals surface area (Å²) in [5, 5.41) is 0. The molecule has 0 saturated carbocycles. The normalized spacial score (nSPS) is 18.7. The van der Waals surface area contributed by atoms with Gasteiger partial charge in [0.2, 0.25) is 5.95 Å². The van der Waals surface area contributed by atoms with Crippen molar-refractivity contribution in [1.29, 1.82) is 0 Å². The maximum Gasteiger partial charge on any atom is 0.310 e. The highest BCUT2D eigenvalue weighted by Gasteiger charge is 2.30. The van der Waals surface area contributed by atoms with Gasteiger partial charge in [-0.1, -0.05) is 6.07 Å². The van der Waals surface area contributed by atoms with Crippen molar-refractivity contribution in [2.45, 2.75) is 19.8 Å². The van der Waals surface area contributed by atoms with Crippen LogP contribution in [0, 0.1) is 11.9 Å². The van der Waals surface area contributed by atoms with Crippen LogP contribution in [0.3, 0.4) is 0 Å². The Labute approximate surface area is 116 Å². The Morgan fingerprint density at radius 3 is 3.00 bits per heavy atom. The van der Waals surface area contributed by atoms with Crippen molar-refractivity contribution in [3.05, 3.63) is 29.8 Å². The molecule has 0 bridgehead atoms. The molecule has 0 aliphatic carbocycles. The van der Waals surface area contributed by atoms with Gasteiger partial charge in [0.15, 0.2) is 0 Å². The molecule has 0 aromatic carbocycles. The van der Waals surface area contributed by atoms with Gasteiger partial charge in [0.1, 0.15) is 5.69 Å². The fraction of sp³-hybridized carbons (Fsp3) is 0.500. The zero-order valence-electron chi connectivity index (χ0n) is 11.3. The molecule has 0 unspecified atom stereocenters. The van der Waals surface area contributed by atoms with E-state index in [0.29, 0.717) is 26.1 Å². The van der Waals surface area contributed by atoms with Crippen LogP contribution in [0.5, 0.6) is 0 Å². The van der Waals surface area contributed by atoms with Gasteiger partial charge in [-0.25, -0.2) is 4.98 Å². The topological polar surface area (TPSA) is 59.5 Å². The molecule has 6 heteroatoms. The number of likely N-dealkylation sites (tertiary alicyclic amines) is 1. The van der Waals surface area contributed by atoms with Gasteiger partial charge in [0, 0.05) is 13.1 Å². The first-order chi connectivity index (χ1) is 9.61. The Balaban J connectivity index is 2.05. The minimum atomic E-state index is -0.685. The minimum absolute atomic E-state index is 0.0644. The van der Waals surface area contributed by atoms with Crippen molar-refractivity contribution in [3.8, 4) is 0 Å². The molecule has 1 aromatic heterocycles. The zero-order chi connectivity index (χ0) is 14.5. The minimum Gasteiger partial charge on any atom is -0.466 e. The molecular weight excluding hydrogens is 263 g/mol. The van der Waals surface area contributed by atoms with Crippen molar-refractivity contribution in [2.75, 3.05) is 19.7 Å². The van der Waals surface area contributed by atoms with Crippen molar-refractivity contribution in [2.24, 2.45) is 5.92 Å². The number of amides is 1. The van der Waals surface area contributed by atoms with E-state index in [1.54, 1.807) is 6.92 Å². The molecule has 0 N–H and O–H groups in total. The predicted molar refractivity (Wildman–Crippen MR) is 69.5 cm³/mol.